The fourth-order valence-corrected chi connectivity index (χ4v) is 3.44. The molecule has 2 aromatic carbocycles. The van der Waals surface area contributed by atoms with Gasteiger partial charge in [0.15, 0.2) is 11.5 Å². The molecular weight excluding hydrogens is 465 g/mol. The monoisotopic (exact) mass is 480 g/mol. The van der Waals surface area contributed by atoms with Crippen molar-refractivity contribution in [3.05, 3.63) is 77.2 Å². The Morgan fingerprint density at radius 3 is 2.60 bits per heavy atom. The third kappa shape index (κ3) is 4.40. The number of alkyl halides is 3. The molecule has 0 amide bonds. The number of nitrogens with one attached hydrogen (secondary N) is 1. The van der Waals surface area contributed by atoms with E-state index in [1.54, 1.807) is 36.4 Å². The van der Waals surface area contributed by atoms with Gasteiger partial charge in [-0.3, -0.25) is 4.79 Å². The second-order valence-electron chi connectivity index (χ2n) is 7.21. The van der Waals surface area contributed by atoms with E-state index >= 15 is 0 Å². The van der Waals surface area contributed by atoms with E-state index in [-0.39, 0.29) is 28.8 Å². The Hall–Kier alpha value is -4.74. The fraction of sp³-hybridized carbons (Fsp3) is 0.0870. The van der Waals surface area contributed by atoms with E-state index in [0.717, 1.165) is 6.07 Å². The number of nitrogens with zero attached hydrogens (tertiary/aromatic N) is 5. The summed E-state index contributed by atoms with van der Waals surface area (Å²) in [5.41, 5.74) is 0.418. The standard InChI is InChI=1S/C23H15F3N6O3/c1-34-13-9-10-15(18(12-13)35-23(24,25)26)19-30-20-14-6-2-3-7-16(14)28-22(32(20)31-19)29-17-8-4-5-11-27-21(17)33/h2-12H,1H3,(H,27,28,29,33). The maximum atomic E-state index is 13.1. The highest BCUT2D eigenvalue weighted by Gasteiger charge is 2.33. The van der Waals surface area contributed by atoms with E-state index < -0.39 is 17.7 Å². The van der Waals surface area contributed by atoms with Gasteiger partial charge in [-0.1, -0.05) is 18.2 Å². The van der Waals surface area contributed by atoms with Crippen LogP contribution in [0, 0.1) is 0 Å². The first-order valence-electron chi connectivity index (χ1n) is 10.1. The van der Waals surface area contributed by atoms with Crippen molar-refractivity contribution in [1.82, 2.24) is 24.6 Å². The summed E-state index contributed by atoms with van der Waals surface area (Å²) in [4.78, 5) is 25.1. The van der Waals surface area contributed by atoms with Crippen molar-refractivity contribution >= 4 is 28.2 Å². The molecule has 0 aliphatic rings. The SMILES string of the molecule is COc1ccc(-c2nc3c4ccccc4nc(Nc4ccccnc4=O)n3n2)c(OC(F)(F)F)c1. The molecule has 0 aliphatic carbocycles. The summed E-state index contributed by atoms with van der Waals surface area (Å²) in [6, 6.07) is 15.7. The van der Waals surface area contributed by atoms with Crippen LogP contribution in [0.2, 0.25) is 0 Å². The van der Waals surface area contributed by atoms with Crippen LogP contribution in [-0.4, -0.2) is 38.0 Å². The molecule has 0 atom stereocenters. The molecule has 0 fully saturated rings. The Labute approximate surface area is 194 Å². The minimum Gasteiger partial charge on any atom is -0.497 e. The summed E-state index contributed by atoms with van der Waals surface area (Å²) in [5.74, 6) is -0.291. The van der Waals surface area contributed by atoms with Crippen LogP contribution in [0.1, 0.15) is 0 Å². The maximum Gasteiger partial charge on any atom is 0.573 e. The molecular formula is C23H15F3N6O3. The number of fused-ring (bicyclic) bond motifs is 3. The lowest BCUT2D eigenvalue weighted by atomic mass is 10.2. The predicted octanol–water partition coefficient (Wildman–Crippen LogP) is 4.35. The second kappa shape index (κ2) is 8.56. The number of halogens is 3. The van der Waals surface area contributed by atoms with Crippen LogP contribution in [0.4, 0.5) is 24.8 Å². The molecule has 3 aromatic heterocycles. The highest BCUT2D eigenvalue weighted by Crippen LogP contribution is 2.36. The molecule has 0 unspecified atom stereocenters. The van der Waals surface area contributed by atoms with E-state index in [0.29, 0.717) is 16.6 Å². The normalized spacial score (nSPS) is 11.5. The van der Waals surface area contributed by atoms with E-state index in [9.17, 15) is 18.0 Å². The third-order valence-electron chi connectivity index (χ3n) is 4.96. The first kappa shape index (κ1) is 22.1. The molecule has 0 bridgehead atoms. The first-order valence-corrected chi connectivity index (χ1v) is 10.1. The number of anilines is 2. The molecule has 0 radical (unpaired) electrons. The Bertz CT molecular complexity index is 1620. The van der Waals surface area contributed by atoms with Gasteiger partial charge in [0.1, 0.15) is 17.2 Å². The average molecular weight is 480 g/mol. The van der Waals surface area contributed by atoms with Crippen molar-refractivity contribution in [3.63, 3.8) is 0 Å². The summed E-state index contributed by atoms with van der Waals surface area (Å²) in [6.07, 6.45) is -3.59. The Balaban J connectivity index is 1.73. The predicted molar refractivity (Wildman–Crippen MR) is 121 cm³/mol. The second-order valence-corrected chi connectivity index (χ2v) is 7.21. The van der Waals surface area contributed by atoms with Crippen LogP contribution in [0.15, 0.2) is 71.7 Å². The zero-order valence-electron chi connectivity index (χ0n) is 17.9. The maximum absolute atomic E-state index is 13.1. The van der Waals surface area contributed by atoms with Gasteiger partial charge < -0.3 is 14.8 Å². The summed E-state index contributed by atoms with van der Waals surface area (Å²) in [6.45, 7) is 0. The van der Waals surface area contributed by atoms with Gasteiger partial charge >= 0.3 is 6.36 Å². The molecule has 35 heavy (non-hydrogen) atoms. The van der Waals surface area contributed by atoms with Crippen molar-refractivity contribution in [2.24, 2.45) is 0 Å². The average Bonchev–Trinajstić information content (AvgIpc) is 3.17. The van der Waals surface area contributed by atoms with E-state index in [2.05, 4.69) is 30.1 Å². The number of aromatic nitrogens is 5. The molecule has 0 aliphatic heterocycles. The van der Waals surface area contributed by atoms with Gasteiger partial charge in [0.25, 0.3) is 5.56 Å². The van der Waals surface area contributed by atoms with Crippen LogP contribution < -0.4 is 20.3 Å². The van der Waals surface area contributed by atoms with E-state index in [4.69, 9.17) is 4.74 Å². The molecule has 5 rings (SSSR count). The first-order chi connectivity index (χ1) is 16.8. The van der Waals surface area contributed by atoms with Crippen molar-refractivity contribution in [3.8, 4) is 22.9 Å². The number of rotatable bonds is 5. The zero-order chi connectivity index (χ0) is 24.6. The number of hydrogen-bond acceptors (Lipinski definition) is 8. The van der Waals surface area contributed by atoms with Crippen molar-refractivity contribution < 1.29 is 22.6 Å². The van der Waals surface area contributed by atoms with Crippen LogP contribution in [0.5, 0.6) is 11.5 Å². The minimum atomic E-state index is -4.94. The number of ether oxygens (including phenoxy) is 2. The molecule has 1 N–H and O–H groups in total. The molecule has 3 heterocycles. The third-order valence-corrected chi connectivity index (χ3v) is 4.96. The van der Waals surface area contributed by atoms with Crippen molar-refractivity contribution in [2.45, 2.75) is 6.36 Å². The smallest absolute Gasteiger partial charge is 0.497 e. The number of benzene rings is 2. The number of hydrogen-bond donors (Lipinski definition) is 1. The van der Waals surface area contributed by atoms with Gasteiger partial charge in [-0.2, -0.15) is 4.52 Å². The van der Waals surface area contributed by atoms with Crippen LogP contribution in [-0.2, 0) is 0 Å². The zero-order valence-corrected chi connectivity index (χ0v) is 17.9. The number of methoxy groups -OCH3 is 1. The number of para-hydroxylation sites is 1. The summed E-state index contributed by atoms with van der Waals surface area (Å²) in [7, 11) is 1.33. The highest BCUT2D eigenvalue weighted by atomic mass is 19.4. The molecule has 0 saturated heterocycles. The lowest BCUT2D eigenvalue weighted by Gasteiger charge is -2.12. The molecule has 0 spiro atoms. The Morgan fingerprint density at radius 1 is 1.00 bits per heavy atom. The lowest BCUT2D eigenvalue weighted by Crippen LogP contribution is -2.17. The Kier molecular flexibility index (Phi) is 5.40. The van der Waals surface area contributed by atoms with Gasteiger partial charge in [-0.05, 0) is 36.4 Å². The fourth-order valence-electron chi connectivity index (χ4n) is 3.44. The van der Waals surface area contributed by atoms with Crippen LogP contribution >= 0.6 is 0 Å². The van der Waals surface area contributed by atoms with Gasteiger partial charge in [0, 0.05) is 17.6 Å². The van der Waals surface area contributed by atoms with E-state index in [1.165, 1.54) is 36.0 Å². The largest absolute Gasteiger partial charge is 0.573 e. The summed E-state index contributed by atoms with van der Waals surface area (Å²) < 4.78 is 49.8. The van der Waals surface area contributed by atoms with Gasteiger partial charge in [0.05, 0.1) is 18.2 Å². The van der Waals surface area contributed by atoms with Gasteiger partial charge in [-0.15, -0.1) is 18.3 Å². The van der Waals surface area contributed by atoms with Crippen molar-refractivity contribution in [1.29, 1.82) is 0 Å². The van der Waals surface area contributed by atoms with Gasteiger partial charge in [0.2, 0.25) is 5.95 Å². The Morgan fingerprint density at radius 2 is 1.80 bits per heavy atom. The topological polar surface area (TPSA) is 104 Å². The molecule has 9 nitrogen and oxygen atoms in total. The van der Waals surface area contributed by atoms with Crippen LogP contribution in [0.25, 0.3) is 27.9 Å². The van der Waals surface area contributed by atoms with Crippen molar-refractivity contribution in [2.75, 3.05) is 12.4 Å². The summed E-state index contributed by atoms with van der Waals surface area (Å²) >= 11 is 0. The highest BCUT2D eigenvalue weighted by molar-refractivity contribution is 5.93. The molecule has 0 saturated carbocycles. The lowest BCUT2D eigenvalue weighted by molar-refractivity contribution is -0.274. The quantitative estimate of drug-likeness (QED) is 0.396. The molecule has 5 aromatic rings. The minimum absolute atomic E-state index is 0.0147. The molecule has 176 valence electrons. The van der Waals surface area contributed by atoms with Gasteiger partial charge in [-0.25, -0.2) is 15.0 Å². The van der Waals surface area contributed by atoms with E-state index in [1.807, 2.05) is 0 Å². The molecule has 12 heteroatoms. The van der Waals surface area contributed by atoms with Crippen LogP contribution in [0.3, 0.4) is 0 Å². The summed E-state index contributed by atoms with van der Waals surface area (Å²) in [5, 5.41) is 7.90.